The van der Waals surface area contributed by atoms with E-state index in [1.807, 2.05) is 0 Å². The summed E-state index contributed by atoms with van der Waals surface area (Å²) >= 11 is 0. The van der Waals surface area contributed by atoms with Gasteiger partial charge in [0.05, 0.1) is 0 Å². The van der Waals surface area contributed by atoms with Crippen LogP contribution in [0, 0.1) is 5.92 Å². The first kappa shape index (κ1) is 15.1. The van der Waals surface area contributed by atoms with Gasteiger partial charge in [0.15, 0.2) is 0 Å². The van der Waals surface area contributed by atoms with Gasteiger partial charge in [0, 0.05) is 12.3 Å². The minimum atomic E-state index is -0.648. The Morgan fingerprint density at radius 1 is 1.35 bits per heavy atom. The zero-order valence-corrected chi connectivity index (χ0v) is 12.2. The number of carbonyl (C=O) groups excluding carboxylic acids is 2. The molecule has 4 nitrogen and oxygen atoms in total. The highest BCUT2D eigenvalue weighted by molar-refractivity contribution is 5.81. The van der Waals surface area contributed by atoms with E-state index in [4.69, 9.17) is 9.47 Å². The molecule has 0 radical (unpaired) electrons. The van der Waals surface area contributed by atoms with Crippen LogP contribution in [-0.4, -0.2) is 24.1 Å². The van der Waals surface area contributed by atoms with E-state index in [2.05, 4.69) is 19.1 Å². The lowest BCUT2D eigenvalue weighted by Gasteiger charge is -2.14. The van der Waals surface area contributed by atoms with Crippen LogP contribution in [0.2, 0.25) is 0 Å². The number of rotatable bonds is 7. The summed E-state index contributed by atoms with van der Waals surface area (Å²) in [5.74, 6) is -0.532. The number of hydrogen-bond acceptors (Lipinski definition) is 4. The third kappa shape index (κ3) is 3.84. The van der Waals surface area contributed by atoms with Crippen LogP contribution in [0.1, 0.15) is 58.3 Å². The first-order valence-corrected chi connectivity index (χ1v) is 7.77. The van der Waals surface area contributed by atoms with E-state index in [0.717, 1.165) is 44.9 Å². The maximum atomic E-state index is 11.8. The maximum Gasteiger partial charge on any atom is 0.348 e. The molecule has 3 unspecified atom stereocenters. The molecule has 1 saturated carbocycles. The van der Waals surface area contributed by atoms with E-state index in [1.165, 1.54) is 0 Å². The molecule has 3 atom stereocenters. The summed E-state index contributed by atoms with van der Waals surface area (Å²) in [5.41, 5.74) is 0. The average Bonchev–Trinajstić information content (AvgIpc) is 2.97. The second-order valence-corrected chi connectivity index (χ2v) is 5.63. The SMILES string of the molecule is CCC/C=C\CCCC(=O)OC1C(=O)OC2CCCC21. The Labute approximate surface area is 120 Å². The van der Waals surface area contributed by atoms with Crippen LogP contribution in [-0.2, 0) is 19.1 Å². The van der Waals surface area contributed by atoms with E-state index in [0.29, 0.717) is 6.42 Å². The normalized spacial score (nSPS) is 28.6. The zero-order valence-electron chi connectivity index (χ0n) is 12.2. The number of carbonyl (C=O) groups is 2. The molecule has 1 saturated heterocycles. The second-order valence-electron chi connectivity index (χ2n) is 5.63. The summed E-state index contributed by atoms with van der Waals surface area (Å²) in [4.78, 5) is 23.4. The van der Waals surface area contributed by atoms with Crippen molar-refractivity contribution in [3.63, 3.8) is 0 Å². The van der Waals surface area contributed by atoms with Crippen molar-refractivity contribution in [2.45, 2.75) is 70.5 Å². The molecule has 0 aromatic rings. The predicted molar refractivity (Wildman–Crippen MR) is 75.0 cm³/mol. The lowest BCUT2D eigenvalue weighted by Crippen LogP contribution is -2.28. The summed E-state index contributed by atoms with van der Waals surface area (Å²) in [7, 11) is 0. The molecule has 0 aromatic carbocycles. The molecule has 0 aromatic heterocycles. The first-order valence-electron chi connectivity index (χ1n) is 7.77. The molecule has 2 rings (SSSR count). The molecule has 1 heterocycles. The highest BCUT2D eigenvalue weighted by Crippen LogP contribution is 2.38. The molecule has 0 amide bonds. The molecule has 4 heteroatoms. The lowest BCUT2D eigenvalue weighted by molar-refractivity contribution is -0.162. The van der Waals surface area contributed by atoms with Gasteiger partial charge >= 0.3 is 11.9 Å². The minimum absolute atomic E-state index is 0.0164. The van der Waals surface area contributed by atoms with Crippen molar-refractivity contribution in [1.82, 2.24) is 0 Å². The van der Waals surface area contributed by atoms with Gasteiger partial charge in [-0.25, -0.2) is 4.79 Å². The Morgan fingerprint density at radius 2 is 2.15 bits per heavy atom. The fourth-order valence-corrected chi connectivity index (χ4v) is 2.94. The van der Waals surface area contributed by atoms with Crippen molar-refractivity contribution in [2.75, 3.05) is 0 Å². The lowest BCUT2D eigenvalue weighted by atomic mass is 10.0. The molecule has 0 spiro atoms. The molecule has 0 N–H and O–H groups in total. The van der Waals surface area contributed by atoms with Crippen LogP contribution in [0.4, 0.5) is 0 Å². The number of esters is 2. The molecule has 1 aliphatic heterocycles. The van der Waals surface area contributed by atoms with Gasteiger partial charge in [-0.3, -0.25) is 4.79 Å². The van der Waals surface area contributed by atoms with Gasteiger partial charge in [0.1, 0.15) is 6.10 Å². The van der Waals surface area contributed by atoms with Crippen LogP contribution >= 0.6 is 0 Å². The monoisotopic (exact) mass is 280 g/mol. The number of ether oxygens (including phenoxy) is 2. The fraction of sp³-hybridized carbons (Fsp3) is 0.750. The number of hydrogen-bond donors (Lipinski definition) is 0. The van der Waals surface area contributed by atoms with Crippen LogP contribution in [0.15, 0.2) is 12.2 Å². The molecule has 20 heavy (non-hydrogen) atoms. The van der Waals surface area contributed by atoms with E-state index < -0.39 is 6.10 Å². The van der Waals surface area contributed by atoms with Gasteiger partial charge in [0.25, 0.3) is 0 Å². The van der Waals surface area contributed by atoms with Crippen LogP contribution in [0.5, 0.6) is 0 Å². The smallest absolute Gasteiger partial charge is 0.348 e. The van der Waals surface area contributed by atoms with Crippen LogP contribution in [0.3, 0.4) is 0 Å². The Bertz CT molecular complexity index is 375. The number of unbranched alkanes of at least 4 members (excludes halogenated alkanes) is 2. The van der Waals surface area contributed by atoms with E-state index in [-0.39, 0.29) is 24.0 Å². The topological polar surface area (TPSA) is 52.6 Å². The number of fused-ring (bicyclic) bond motifs is 1. The Hall–Kier alpha value is -1.32. The van der Waals surface area contributed by atoms with Gasteiger partial charge < -0.3 is 9.47 Å². The van der Waals surface area contributed by atoms with Crippen molar-refractivity contribution >= 4 is 11.9 Å². The van der Waals surface area contributed by atoms with Crippen LogP contribution in [0.25, 0.3) is 0 Å². The van der Waals surface area contributed by atoms with Crippen molar-refractivity contribution in [3.05, 3.63) is 12.2 Å². The summed E-state index contributed by atoms with van der Waals surface area (Å²) in [5, 5.41) is 0. The third-order valence-corrected chi connectivity index (χ3v) is 4.02. The Kier molecular flexibility index (Phi) is 5.62. The molecular weight excluding hydrogens is 256 g/mol. The molecular formula is C16H24O4. The molecule has 2 fully saturated rings. The Balaban J connectivity index is 1.68. The molecule has 2 aliphatic rings. The van der Waals surface area contributed by atoms with Crippen molar-refractivity contribution < 1.29 is 19.1 Å². The van der Waals surface area contributed by atoms with Crippen molar-refractivity contribution in [2.24, 2.45) is 5.92 Å². The molecule has 112 valence electrons. The van der Waals surface area contributed by atoms with Crippen LogP contribution < -0.4 is 0 Å². The summed E-state index contributed by atoms with van der Waals surface area (Å²) < 4.78 is 10.6. The fourth-order valence-electron chi connectivity index (χ4n) is 2.94. The van der Waals surface area contributed by atoms with Gasteiger partial charge in [-0.1, -0.05) is 25.5 Å². The quantitative estimate of drug-likeness (QED) is 0.408. The summed E-state index contributed by atoms with van der Waals surface area (Å²) in [6, 6.07) is 0. The van der Waals surface area contributed by atoms with Gasteiger partial charge in [-0.15, -0.1) is 0 Å². The molecule has 1 aliphatic carbocycles. The molecule has 0 bridgehead atoms. The van der Waals surface area contributed by atoms with E-state index >= 15 is 0 Å². The van der Waals surface area contributed by atoms with Crippen molar-refractivity contribution in [3.8, 4) is 0 Å². The van der Waals surface area contributed by atoms with E-state index in [1.54, 1.807) is 0 Å². The van der Waals surface area contributed by atoms with Crippen molar-refractivity contribution in [1.29, 1.82) is 0 Å². The summed E-state index contributed by atoms with van der Waals surface area (Å²) in [6.07, 6.45) is 10.7. The number of allylic oxidation sites excluding steroid dienone is 2. The third-order valence-electron chi connectivity index (χ3n) is 4.02. The Morgan fingerprint density at radius 3 is 2.95 bits per heavy atom. The second kappa shape index (κ2) is 7.46. The van der Waals surface area contributed by atoms with Gasteiger partial charge in [-0.05, 0) is 38.5 Å². The maximum absolute atomic E-state index is 11.8. The van der Waals surface area contributed by atoms with E-state index in [9.17, 15) is 9.59 Å². The predicted octanol–water partition coefficient (Wildman–Crippen LogP) is 3.15. The first-order chi connectivity index (χ1) is 9.72. The highest BCUT2D eigenvalue weighted by Gasteiger charge is 2.49. The average molecular weight is 280 g/mol. The summed E-state index contributed by atoms with van der Waals surface area (Å²) in [6.45, 7) is 2.14. The zero-order chi connectivity index (χ0) is 14.4. The highest BCUT2D eigenvalue weighted by atomic mass is 16.6. The van der Waals surface area contributed by atoms with Gasteiger partial charge in [-0.2, -0.15) is 0 Å². The van der Waals surface area contributed by atoms with Gasteiger partial charge in [0.2, 0.25) is 6.10 Å². The largest absolute Gasteiger partial charge is 0.459 e. The minimum Gasteiger partial charge on any atom is -0.459 e. The standard InChI is InChI=1S/C16H24O4/c1-2-3-4-5-6-7-11-14(17)20-15-12-9-8-10-13(12)19-16(15)18/h4-5,12-13,15H,2-3,6-11H2,1H3/b5-4-.